The van der Waals surface area contributed by atoms with Crippen molar-refractivity contribution in [1.82, 2.24) is 30.4 Å². The predicted molar refractivity (Wildman–Crippen MR) is 110 cm³/mol. The lowest BCUT2D eigenvalue weighted by Gasteiger charge is -2.34. The number of fused-ring (bicyclic) bond motifs is 1. The van der Waals surface area contributed by atoms with Crippen LogP contribution < -0.4 is 5.32 Å². The van der Waals surface area contributed by atoms with Crippen molar-refractivity contribution in [2.75, 3.05) is 6.54 Å². The number of nitrogens with zero attached hydrogens (tertiary/aromatic N) is 4. The first kappa shape index (κ1) is 18.9. The molecule has 1 aromatic carbocycles. The Balaban J connectivity index is 1.46. The minimum absolute atomic E-state index is 0.0271. The fraction of sp³-hybridized carbons (Fsp3) is 0.500. The van der Waals surface area contributed by atoms with E-state index < -0.39 is 0 Å². The highest BCUT2D eigenvalue weighted by Gasteiger charge is 2.30. The van der Waals surface area contributed by atoms with E-state index in [-0.39, 0.29) is 17.5 Å². The van der Waals surface area contributed by atoms with E-state index in [0.717, 1.165) is 52.7 Å². The number of piperidine rings is 1. The molecule has 3 heterocycles. The normalized spacial score (nSPS) is 17.8. The second kappa shape index (κ2) is 7.50. The maximum atomic E-state index is 12.9. The number of carbonyl (C=O) groups excluding carboxylic acids is 1. The number of aromatic nitrogens is 4. The van der Waals surface area contributed by atoms with Gasteiger partial charge in [0.2, 0.25) is 0 Å². The van der Waals surface area contributed by atoms with E-state index in [1.54, 1.807) is 11.3 Å². The van der Waals surface area contributed by atoms with Crippen molar-refractivity contribution in [3.63, 3.8) is 0 Å². The lowest BCUT2D eigenvalue weighted by Crippen LogP contribution is -2.44. The number of hydrogen-bond acceptors (Lipinski definition) is 5. The molecule has 3 aromatic rings. The highest BCUT2D eigenvalue weighted by molar-refractivity contribution is 7.11. The van der Waals surface area contributed by atoms with Gasteiger partial charge in [-0.05, 0) is 31.4 Å². The number of aromatic amines is 1. The lowest BCUT2D eigenvalue weighted by molar-refractivity contribution is 0.147. The number of carbonyl (C=O) groups is 1. The maximum absolute atomic E-state index is 12.9. The summed E-state index contributed by atoms with van der Waals surface area (Å²) in [6.45, 7) is 7.47. The monoisotopic (exact) mass is 398 g/mol. The predicted octanol–water partition coefficient (Wildman–Crippen LogP) is 4.15. The summed E-state index contributed by atoms with van der Waals surface area (Å²) in [6, 6.07) is 7.88. The molecule has 0 radical (unpaired) electrons. The summed E-state index contributed by atoms with van der Waals surface area (Å²) in [4.78, 5) is 22.9. The van der Waals surface area contributed by atoms with Crippen LogP contribution in [0, 0.1) is 0 Å². The first-order valence-corrected chi connectivity index (χ1v) is 10.6. The molecule has 0 aliphatic carbocycles. The van der Waals surface area contributed by atoms with Gasteiger partial charge in [0.05, 0.1) is 23.6 Å². The van der Waals surface area contributed by atoms with Crippen LogP contribution in [0.1, 0.15) is 61.9 Å². The van der Waals surface area contributed by atoms with Crippen molar-refractivity contribution in [3.05, 3.63) is 40.1 Å². The SMILES string of the molecule is CC(C)(C)c1nnc(CNC(=O)N2CCCCC2c2nc3ccccc3[nH]2)s1. The zero-order valence-corrected chi connectivity index (χ0v) is 17.3. The summed E-state index contributed by atoms with van der Waals surface area (Å²) >= 11 is 1.55. The van der Waals surface area contributed by atoms with E-state index in [2.05, 4.69) is 41.3 Å². The Bertz CT molecular complexity index is 939. The number of rotatable bonds is 3. The fourth-order valence-corrected chi connectivity index (χ4v) is 4.31. The summed E-state index contributed by atoms with van der Waals surface area (Å²) < 4.78 is 0. The van der Waals surface area contributed by atoms with Crippen LogP contribution in [-0.4, -0.2) is 37.6 Å². The molecule has 28 heavy (non-hydrogen) atoms. The van der Waals surface area contributed by atoms with E-state index >= 15 is 0 Å². The number of nitrogens with one attached hydrogen (secondary N) is 2. The Morgan fingerprint density at radius 2 is 2.11 bits per heavy atom. The second-order valence-electron chi connectivity index (χ2n) is 8.25. The van der Waals surface area contributed by atoms with Gasteiger partial charge in [-0.25, -0.2) is 9.78 Å². The average Bonchev–Trinajstić information content (AvgIpc) is 3.32. The number of hydrogen-bond donors (Lipinski definition) is 2. The molecule has 4 rings (SSSR count). The van der Waals surface area contributed by atoms with Gasteiger partial charge in [0, 0.05) is 12.0 Å². The van der Waals surface area contributed by atoms with Gasteiger partial charge in [0.15, 0.2) is 0 Å². The third kappa shape index (κ3) is 3.87. The number of urea groups is 1. The molecule has 1 unspecified atom stereocenters. The Morgan fingerprint density at radius 3 is 2.86 bits per heavy atom. The fourth-order valence-electron chi connectivity index (χ4n) is 3.47. The number of H-pyrrole nitrogens is 1. The molecule has 1 aliphatic heterocycles. The van der Waals surface area contributed by atoms with E-state index in [0.29, 0.717) is 6.54 Å². The Labute approximate surface area is 168 Å². The number of para-hydroxylation sites is 2. The van der Waals surface area contributed by atoms with E-state index in [4.69, 9.17) is 4.98 Å². The maximum Gasteiger partial charge on any atom is 0.318 e. The van der Waals surface area contributed by atoms with Crippen molar-refractivity contribution >= 4 is 28.4 Å². The average molecular weight is 399 g/mol. The van der Waals surface area contributed by atoms with Crippen LogP contribution in [0.25, 0.3) is 11.0 Å². The van der Waals surface area contributed by atoms with Crippen LogP contribution in [0.3, 0.4) is 0 Å². The van der Waals surface area contributed by atoms with E-state index in [1.807, 2.05) is 29.2 Å². The lowest BCUT2D eigenvalue weighted by atomic mass is 9.98. The molecule has 7 nitrogen and oxygen atoms in total. The molecule has 1 atom stereocenters. The van der Waals surface area contributed by atoms with Gasteiger partial charge in [0.1, 0.15) is 15.8 Å². The van der Waals surface area contributed by atoms with Gasteiger partial charge in [-0.15, -0.1) is 10.2 Å². The van der Waals surface area contributed by atoms with Crippen molar-refractivity contribution in [1.29, 1.82) is 0 Å². The number of likely N-dealkylation sites (tertiary alicyclic amines) is 1. The van der Waals surface area contributed by atoms with Crippen LogP contribution >= 0.6 is 11.3 Å². The van der Waals surface area contributed by atoms with Crippen molar-refractivity contribution in [2.24, 2.45) is 0 Å². The third-order valence-corrected chi connectivity index (χ3v) is 6.34. The number of imidazole rings is 1. The highest BCUT2D eigenvalue weighted by Crippen LogP contribution is 2.30. The molecular weight excluding hydrogens is 372 g/mol. The van der Waals surface area contributed by atoms with Crippen LogP contribution in [0.5, 0.6) is 0 Å². The van der Waals surface area contributed by atoms with Gasteiger partial charge in [0.25, 0.3) is 0 Å². The van der Waals surface area contributed by atoms with Crippen molar-refractivity contribution < 1.29 is 4.79 Å². The molecule has 2 aromatic heterocycles. The molecule has 1 saturated heterocycles. The van der Waals surface area contributed by atoms with Crippen molar-refractivity contribution in [3.8, 4) is 0 Å². The summed E-state index contributed by atoms with van der Waals surface area (Å²) in [5.74, 6) is 0.863. The van der Waals surface area contributed by atoms with Crippen LogP contribution in [0.2, 0.25) is 0 Å². The van der Waals surface area contributed by atoms with Crippen LogP contribution in [0.4, 0.5) is 4.79 Å². The minimum Gasteiger partial charge on any atom is -0.340 e. The van der Waals surface area contributed by atoms with E-state index in [1.165, 1.54) is 0 Å². The summed E-state index contributed by atoms with van der Waals surface area (Å²) in [5.41, 5.74) is 1.91. The summed E-state index contributed by atoms with van der Waals surface area (Å²) in [6.07, 6.45) is 3.02. The molecule has 2 amide bonds. The summed E-state index contributed by atoms with van der Waals surface area (Å²) in [5, 5.41) is 13.3. The Morgan fingerprint density at radius 1 is 1.29 bits per heavy atom. The zero-order chi connectivity index (χ0) is 19.7. The van der Waals surface area contributed by atoms with Gasteiger partial charge in [-0.3, -0.25) is 0 Å². The molecule has 148 valence electrons. The van der Waals surface area contributed by atoms with Gasteiger partial charge in [-0.2, -0.15) is 0 Å². The van der Waals surface area contributed by atoms with Gasteiger partial charge in [-0.1, -0.05) is 44.2 Å². The largest absolute Gasteiger partial charge is 0.340 e. The van der Waals surface area contributed by atoms with Gasteiger partial charge < -0.3 is 15.2 Å². The van der Waals surface area contributed by atoms with Crippen LogP contribution in [0.15, 0.2) is 24.3 Å². The topological polar surface area (TPSA) is 86.8 Å². The molecule has 8 heteroatoms. The molecule has 2 N–H and O–H groups in total. The Kier molecular flexibility index (Phi) is 5.05. The zero-order valence-electron chi connectivity index (χ0n) is 16.5. The van der Waals surface area contributed by atoms with Crippen LogP contribution in [-0.2, 0) is 12.0 Å². The smallest absolute Gasteiger partial charge is 0.318 e. The Hall–Kier alpha value is -2.48. The van der Waals surface area contributed by atoms with E-state index in [9.17, 15) is 4.79 Å². The highest BCUT2D eigenvalue weighted by atomic mass is 32.1. The molecule has 1 fully saturated rings. The molecule has 0 bridgehead atoms. The number of benzene rings is 1. The van der Waals surface area contributed by atoms with Crippen molar-refractivity contribution in [2.45, 2.75) is 58.0 Å². The standard InChI is InChI=1S/C20H26N6OS/c1-20(2,3)18-25-24-16(28-18)12-21-19(27)26-11-7-6-10-15(26)17-22-13-8-4-5-9-14(13)23-17/h4-5,8-9,15H,6-7,10-12H2,1-3H3,(H,21,27)(H,22,23). The molecule has 0 saturated carbocycles. The molecule has 1 aliphatic rings. The summed E-state index contributed by atoms with van der Waals surface area (Å²) in [7, 11) is 0. The number of amides is 2. The first-order valence-electron chi connectivity index (χ1n) is 9.74. The quantitative estimate of drug-likeness (QED) is 0.694. The molecule has 0 spiro atoms. The minimum atomic E-state index is -0.0716. The van der Waals surface area contributed by atoms with Gasteiger partial charge >= 0.3 is 6.03 Å². The third-order valence-electron chi connectivity index (χ3n) is 4.99. The molecular formula is C20H26N6OS. The first-order chi connectivity index (χ1) is 13.4. The second-order valence-corrected chi connectivity index (χ2v) is 9.32.